The molecular weight excluding hydrogens is 903 g/mol. The third kappa shape index (κ3) is 8.97. The number of allylic oxidation sites excluding steroid dienone is 2. The van der Waals surface area contributed by atoms with Crippen LogP contribution in [0.15, 0.2) is 73.1 Å². The number of hydrogen-bond donors (Lipinski definition) is 2. The van der Waals surface area contributed by atoms with Crippen LogP contribution in [0.4, 0.5) is 31.1 Å². The monoisotopic (exact) mass is 946 g/mol. The van der Waals surface area contributed by atoms with E-state index in [1.54, 1.807) is 76.6 Å². The summed E-state index contributed by atoms with van der Waals surface area (Å²) in [5, 5.41) is 19.7. The Morgan fingerprint density at radius 3 is 1.59 bits per heavy atom. The molecular formula is C46H44F6N2O5S4. The van der Waals surface area contributed by atoms with Gasteiger partial charge in [0, 0.05) is 82.8 Å². The molecule has 6 aromatic rings. The number of amides is 1. The van der Waals surface area contributed by atoms with Crippen LogP contribution in [0.5, 0.6) is 5.75 Å². The number of nitrogens with zero attached hydrogens (tertiary/aromatic N) is 2. The highest BCUT2D eigenvalue weighted by Crippen LogP contribution is 2.66. The third-order valence-corrected chi connectivity index (χ3v) is 15.3. The van der Waals surface area contributed by atoms with Crippen molar-refractivity contribution in [2.75, 3.05) is 33.4 Å². The second-order valence-electron chi connectivity index (χ2n) is 16.0. The summed E-state index contributed by atoms with van der Waals surface area (Å²) in [7, 11) is 1.61. The van der Waals surface area contributed by atoms with Crippen molar-refractivity contribution in [3.05, 3.63) is 105 Å². The van der Waals surface area contributed by atoms with Gasteiger partial charge >= 0.3 is 23.9 Å². The molecule has 1 aliphatic carbocycles. The van der Waals surface area contributed by atoms with Crippen molar-refractivity contribution in [1.29, 1.82) is 0 Å². The molecule has 5 heterocycles. The van der Waals surface area contributed by atoms with Crippen LogP contribution in [0.3, 0.4) is 0 Å². The summed E-state index contributed by atoms with van der Waals surface area (Å²) in [6.45, 7) is 8.37. The molecule has 0 saturated carbocycles. The standard InChI is InChI=1S/C46H44F6N2O5S4/c1-25-32(23-36(60-25)34-21-29(13-18-55)40(62-34)27-7-9-31(10-8-27)58-20-17-54(6)42(57)59-43(3,4)5)38-39(45(49,50)46(51,52)44(38,47)48)33-24-37(61-26(33)2)35-22-30(14-19-56)41(63-35)28-11-15-53-16-12-28/h7-12,15-16,21-24,55-56H,13-14,17-20H2,1-6H3. The predicted molar refractivity (Wildman–Crippen MR) is 241 cm³/mol. The van der Waals surface area contributed by atoms with Gasteiger partial charge in [-0.05, 0) is 142 Å². The van der Waals surface area contributed by atoms with E-state index in [1.165, 1.54) is 53.6 Å². The van der Waals surface area contributed by atoms with Crippen LogP contribution in [0.2, 0.25) is 0 Å². The van der Waals surface area contributed by atoms with E-state index in [1.807, 2.05) is 12.1 Å². The van der Waals surface area contributed by atoms with E-state index in [-0.39, 0.29) is 48.1 Å². The summed E-state index contributed by atoms with van der Waals surface area (Å²) in [6.07, 6.45) is 3.29. The highest BCUT2D eigenvalue weighted by molar-refractivity contribution is 7.24. The number of carbonyl (C=O) groups is 1. The van der Waals surface area contributed by atoms with Gasteiger partial charge in [0.15, 0.2) is 0 Å². The fraction of sp³-hybridized carbons (Fsp3) is 0.348. The molecule has 334 valence electrons. The minimum Gasteiger partial charge on any atom is -0.492 e. The van der Waals surface area contributed by atoms with Crippen LogP contribution in [0, 0.1) is 13.8 Å². The van der Waals surface area contributed by atoms with Crippen molar-refractivity contribution < 1.29 is 50.8 Å². The Morgan fingerprint density at radius 2 is 1.14 bits per heavy atom. The minimum atomic E-state index is -5.73. The highest BCUT2D eigenvalue weighted by atomic mass is 32.1. The van der Waals surface area contributed by atoms with Gasteiger partial charge in [-0.2, -0.15) is 26.3 Å². The second kappa shape index (κ2) is 17.8. The van der Waals surface area contributed by atoms with Gasteiger partial charge in [0.25, 0.3) is 0 Å². The summed E-state index contributed by atoms with van der Waals surface area (Å²) in [6, 6.07) is 16.9. The number of hydrogen-bond acceptors (Lipinski definition) is 10. The number of benzene rings is 1. The van der Waals surface area contributed by atoms with Gasteiger partial charge in [-0.15, -0.1) is 45.3 Å². The quantitative estimate of drug-likeness (QED) is 0.106. The number of ether oxygens (including phenoxy) is 2. The molecule has 0 fully saturated rings. The van der Waals surface area contributed by atoms with Crippen LogP contribution >= 0.6 is 45.3 Å². The van der Waals surface area contributed by atoms with Crippen molar-refractivity contribution in [2.45, 2.75) is 70.8 Å². The molecule has 1 aliphatic rings. The molecule has 0 aliphatic heterocycles. The second-order valence-corrected chi connectivity index (χ2v) is 20.6. The first-order chi connectivity index (χ1) is 29.7. The lowest BCUT2D eigenvalue weighted by molar-refractivity contribution is -0.254. The Morgan fingerprint density at radius 1 is 0.698 bits per heavy atom. The molecule has 1 aromatic carbocycles. The van der Waals surface area contributed by atoms with E-state index >= 15 is 26.3 Å². The molecule has 5 aromatic heterocycles. The van der Waals surface area contributed by atoms with Crippen LogP contribution in [0.25, 0.3) is 51.5 Å². The fourth-order valence-electron chi connectivity index (χ4n) is 7.27. The molecule has 0 bridgehead atoms. The van der Waals surface area contributed by atoms with Crippen molar-refractivity contribution in [1.82, 2.24) is 9.88 Å². The molecule has 7 nitrogen and oxygen atoms in total. The normalized spacial score (nSPS) is 15.6. The SMILES string of the molecule is Cc1sc(-c2cc(CCO)c(-c3ccncc3)s2)cc1C1=C(c2cc(-c3cc(CCO)c(-c4ccc(OCCN(C)C(=O)OC(C)(C)C)cc4)s3)sc2C)C(F)(F)C(F)(F)C1(F)F. The van der Waals surface area contributed by atoms with Gasteiger partial charge in [0.05, 0.1) is 6.54 Å². The van der Waals surface area contributed by atoms with Gasteiger partial charge in [-0.25, -0.2) is 4.79 Å². The molecule has 0 radical (unpaired) electrons. The lowest BCUT2D eigenvalue weighted by Gasteiger charge is -2.25. The van der Waals surface area contributed by atoms with Crippen LogP contribution in [-0.4, -0.2) is 83.0 Å². The maximum absolute atomic E-state index is 16.2. The van der Waals surface area contributed by atoms with Crippen molar-refractivity contribution >= 4 is 62.6 Å². The zero-order valence-corrected chi connectivity index (χ0v) is 38.4. The third-order valence-electron chi connectivity index (χ3n) is 10.4. The summed E-state index contributed by atoms with van der Waals surface area (Å²) in [5.41, 5.74) is -1.12. The Labute approximate surface area is 376 Å². The Balaban J connectivity index is 1.22. The maximum atomic E-state index is 16.2. The molecule has 0 unspecified atom stereocenters. The summed E-state index contributed by atoms with van der Waals surface area (Å²) in [5.74, 6) is -15.6. The maximum Gasteiger partial charge on any atom is 0.410 e. The number of aromatic nitrogens is 1. The number of carbonyl (C=O) groups excluding carboxylic acids is 1. The van der Waals surface area contributed by atoms with E-state index in [4.69, 9.17) is 9.47 Å². The van der Waals surface area contributed by atoms with Crippen molar-refractivity contribution in [3.8, 4) is 46.1 Å². The molecule has 0 saturated heterocycles. The molecule has 2 N–H and O–H groups in total. The Hall–Kier alpha value is -4.52. The number of aliphatic hydroxyl groups is 2. The molecule has 0 atom stereocenters. The molecule has 1 amide bonds. The first-order valence-corrected chi connectivity index (χ1v) is 23.1. The van der Waals surface area contributed by atoms with Gasteiger partial charge in [-0.3, -0.25) is 4.98 Å². The summed E-state index contributed by atoms with van der Waals surface area (Å²) < 4.78 is 107. The summed E-state index contributed by atoms with van der Waals surface area (Å²) in [4.78, 5) is 21.7. The van der Waals surface area contributed by atoms with Gasteiger partial charge in [0.1, 0.15) is 18.0 Å². The highest BCUT2D eigenvalue weighted by Gasteiger charge is 2.80. The van der Waals surface area contributed by atoms with E-state index in [0.29, 0.717) is 31.7 Å². The lowest BCUT2D eigenvalue weighted by Crippen LogP contribution is -2.48. The Kier molecular flexibility index (Phi) is 13.1. The van der Waals surface area contributed by atoms with E-state index in [0.717, 1.165) is 54.7 Å². The largest absolute Gasteiger partial charge is 0.492 e. The van der Waals surface area contributed by atoms with Crippen LogP contribution < -0.4 is 4.74 Å². The number of rotatable bonds is 14. The molecule has 17 heteroatoms. The number of thiophene rings is 4. The zero-order chi connectivity index (χ0) is 45.6. The van der Waals surface area contributed by atoms with Crippen LogP contribution in [0.1, 0.15) is 52.8 Å². The average Bonchev–Trinajstić information content (AvgIpc) is 4.03. The number of aryl methyl sites for hydroxylation is 2. The van der Waals surface area contributed by atoms with E-state index in [2.05, 4.69) is 4.98 Å². The van der Waals surface area contributed by atoms with Crippen LogP contribution in [-0.2, 0) is 17.6 Å². The lowest BCUT2D eigenvalue weighted by atomic mass is 9.95. The van der Waals surface area contributed by atoms with Gasteiger partial charge in [0.2, 0.25) is 0 Å². The summed E-state index contributed by atoms with van der Waals surface area (Å²) >= 11 is 4.69. The zero-order valence-electron chi connectivity index (χ0n) is 35.1. The minimum absolute atomic E-state index is 0.158. The predicted octanol–water partition coefficient (Wildman–Crippen LogP) is 12.8. The van der Waals surface area contributed by atoms with Crippen molar-refractivity contribution in [3.63, 3.8) is 0 Å². The first-order valence-electron chi connectivity index (χ1n) is 19.8. The van der Waals surface area contributed by atoms with Gasteiger partial charge in [-0.1, -0.05) is 0 Å². The Bertz CT molecular complexity index is 2640. The van der Waals surface area contributed by atoms with Crippen molar-refractivity contribution in [2.24, 2.45) is 0 Å². The smallest absolute Gasteiger partial charge is 0.410 e. The first kappa shape index (κ1) is 46.5. The number of pyridine rings is 1. The number of likely N-dealkylation sites (N-methyl/N-ethyl adjacent to an activating group) is 1. The molecule has 0 spiro atoms. The van der Waals surface area contributed by atoms with Gasteiger partial charge < -0.3 is 24.6 Å². The number of halogens is 6. The number of aliphatic hydroxyl groups excluding tert-OH is 2. The van der Waals surface area contributed by atoms with E-state index < -0.39 is 46.2 Å². The average molecular weight is 947 g/mol. The number of alkyl halides is 6. The van der Waals surface area contributed by atoms with E-state index in [9.17, 15) is 15.0 Å². The molecule has 63 heavy (non-hydrogen) atoms. The molecule has 7 rings (SSSR count). The topological polar surface area (TPSA) is 92.1 Å². The fourth-order valence-corrected chi connectivity index (χ4v) is 11.9.